The first kappa shape index (κ1) is 23.1. The van der Waals surface area contributed by atoms with Crippen LogP contribution in [0.4, 0.5) is 0 Å². The quantitative estimate of drug-likeness (QED) is 0.375. The molecule has 2 N–H and O–H groups in total. The first-order chi connectivity index (χ1) is 16.3. The van der Waals surface area contributed by atoms with Crippen molar-refractivity contribution in [1.82, 2.24) is 9.29 Å². The minimum absolute atomic E-state index is 0.193. The Hall–Kier alpha value is -2.70. The smallest absolute Gasteiger partial charge is 0.240 e. The maximum absolute atomic E-state index is 13.0. The summed E-state index contributed by atoms with van der Waals surface area (Å²) in [5.41, 5.74) is 3.41. The average molecular weight is 538 g/mol. The molecule has 0 bridgehead atoms. The number of sulfonamides is 1. The molecule has 5 rings (SSSR count). The summed E-state index contributed by atoms with van der Waals surface area (Å²) in [6.07, 6.45) is 1.15. The van der Waals surface area contributed by atoms with Crippen molar-refractivity contribution in [2.24, 2.45) is 0 Å². The molecule has 1 aliphatic rings. The minimum Gasteiger partial charge on any atom is -0.389 e. The summed E-state index contributed by atoms with van der Waals surface area (Å²) in [7, 11) is -3.76. The number of hydrogen-bond donors (Lipinski definition) is 2. The lowest BCUT2D eigenvalue weighted by molar-refractivity contribution is 0.0547. The lowest BCUT2D eigenvalue weighted by Gasteiger charge is -2.36. The molecule has 4 aromatic rings. The van der Waals surface area contributed by atoms with Crippen LogP contribution in [0.2, 0.25) is 0 Å². The molecule has 0 spiro atoms. The van der Waals surface area contributed by atoms with Gasteiger partial charge in [0.1, 0.15) is 0 Å². The Kier molecular flexibility index (Phi) is 5.98. The summed E-state index contributed by atoms with van der Waals surface area (Å²) >= 11 is 3.54. The number of benzene rings is 3. The molecular formula is C26H24BrN3O3S. The maximum Gasteiger partial charge on any atom is 0.240 e. The highest BCUT2D eigenvalue weighted by molar-refractivity contribution is 9.10. The standard InChI is InChI=1S/C26H24BrN3O3S/c1-16-5-9-19(10-6-16)34(32,33)29-22-3-2-4-25(26(22)31)30-23-11-7-17(15-28)13-20(23)21-14-18(27)8-12-24(21)30/h5-14,22,25-26,29,31H,2-4H2,1H3/t22-,25+,26+/m1/s1. The van der Waals surface area contributed by atoms with E-state index in [2.05, 4.69) is 31.3 Å². The Labute approximate surface area is 207 Å². The lowest BCUT2D eigenvalue weighted by Crippen LogP contribution is -2.49. The van der Waals surface area contributed by atoms with Crippen LogP contribution in [0.15, 0.2) is 70.0 Å². The minimum atomic E-state index is -3.76. The van der Waals surface area contributed by atoms with Gasteiger partial charge in [0.15, 0.2) is 0 Å². The predicted octanol–water partition coefficient (Wildman–Crippen LogP) is 5.17. The molecule has 1 saturated carbocycles. The van der Waals surface area contributed by atoms with E-state index in [9.17, 15) is 18.8 Å². The van der Waals surface area contributed by atoms with Crippen LogP contribution in [0.5, 0.6) is 0 Å². The van der Waals surface area contributed by atoms with Crippen molar-refractivity contribution in [3.63, 3.8) is 0 Å². The summed E-state index contributed by atoms with van der Waals surface area (Å²) in [4.78, 5) is 0.193. The van der Waals surface area contributed by atoms with E-state index >= 15 is 0 Å². The second-order valence-electron chi connectivity index (χ2n) is 8.90. The third-order valence-corrected chi connectivity index (χ3v) is 8.68. The Morgan fingerprint density at radius 3 is 2.41 bits per heavy atom. The number of nitriles is 1. The van der Waals surface area contributed by atoms with Crippen LogP contribution in [0.1, 0.15) is 36.4 Å². The van der Waals surface area contributed by atoms with Crippen LogP contribution < -0.4 is 4.72 Å². The Bertz CT molecular complexity index is 1540. The number of halogens is 1. The molecule has 8 heteroatoms. The van der Waals surface area contributed by atoms with Crippen molar-refractivity contribution in [3.8, 4) is 6.07 Å². The average Bonchev–Trinajstić information content (AvgIpc) is 3.13. The largest absolute Gasteiger partial charge is 0.389 e. The van der Waals surface area contributed by atoms with Gasteiger partial charge in [0.25, 0.3) is 0 Å². The van der Waals surface area contributed by atoms with Crippen LogP contribution in [-0.2, 0) is 10.0 Å². The predicted molar refractivity (Wildman–Crippen MR) is 136 cm³/mol. The summed E-state index contributed by atoms with van der Waals surface area (Å²) in [5, 5.41) is 22.7. The highest BCUT2D eigenvalue weighted by atomic mass is 79.9. The molecule has 0 unspecified atom stereocenters. The first-order valence-corrected chi connectivity index (χ1v) is 13.5. The molecule has 1 fully saturated rings. The van der Waals surface area contributed by atoms with E-state index in [1.54, 1.807) is 30.3 Å². The maximum atomic E-state index is 13.0. The number of hydrogen-bond acceptors (Lipinski definition) is 4. The highest BCUT2D eigenvalue weighted by Crippen LogP contribution is 2.39. The number of nitrogens with zero attached hydrogens (tertiary/aromatic N) is 2. The lowest BCUT2D eigenvalue weighted by atomic mass is 9.88. The topological polar surface area (TPSA) is 95.1 Å². The Morgan fingerprint density at radius 1 is 1.03 bits per heavy atom. The number of rotatable bonds is 4. The monoisotopic (exact) mass is 537 g/mol. The zero-order valence-corrected chi connectivity index (χ0v) is 21.0. The molecule has 0 radical (unpaired) electrons. The van der Waals surface area contributed by atoms with Crippen molar-refractivity contribution >= 4 is 47.8 Å². The van der Waals surface area contributed by atoms with E-state index < -0.39 is 22.2 Å². The summed E-state index contributed by atoms with van der Waals surface area (Å²) < 4.78 is 31.8. The Morgan fingerprint density at radius 2 is 1.71 bits per heavy atom. The van der Waals surface area contributed by atoms with E-state index in [-0.39, 0.29) is 10.9 Å². The SMILES string of the molecule is Cc1ccc(S(=O)(=O)N[C@@H]2CCC[C@H](n3c4ccc(Br)cc4c4cc(C#N)ccc43)[C@H]2O)cc1. The van der Waals surface area contributed by atoms with Crippen molar-refractivity contribution in [2.75, 3.05) is 0 Å². The molecule has 1 aliphatic carbocycles. The molecular weight excluding hydrogens is 514 g/mol. The zero-order valence-electron chi connectivity index (χ0n) is 18.6. The highest BCUT2D eigenvalue weighted by Gasteiger charge is 2.37. The second-order valence-corrected chi connectivity index (χ2v) is 11.5. The van der Waals surface area contributed by atoms with E-state index in [1.165, 1.54) is 0 Å². The van der Waals surface area contributed by atoms with Crippen LogP contribution in [0, 0.1) is 18.3 Å². The van der Waals surface area contributed by atoms with Gasteiger partial charge in [0.05, 0.1) is 34.7 Å². The van der Waals surface area contributed by atoms with E-state index in [0.717, 1.165) is 44.7 Å². The van der Waals surface area contributed by atoms with Gasteiger partial charge < -0.3 is 9.67 Å². The molecule has 1 heterocycles. The van der Waals surface area contributed by atoms with Gasteiger partial charge >= 0.3 is 0 Å². The summed E-state index contributed by atoms with van der Waals surface area (Å²) in [6.45, 7) is 1.91. The van der Waals surface area contributed by atoms with Crippen molar-refractivity contribution < 1.29 is 13.5 Å². The van der Waals surface area contributed by atoms with Gasteiger partial charge in [0.2, 0.25) is 10.0 Å². The second kappa shape index (κ2) is 8.82. The third-order valence-electron chi connectivity index (χ3n) is 6.68. The Balaban J connectivity index is 1.56. The molecule has 34 heavy (non-hydrogen) atoms. The molecule has 0 aliphatic heterocycles. The van der Waals surface area contributed by atoms with Crippen LogP contribution in [0.25, 0.3) is 21.8 Å². The molecule has 3 atom stereocenters. The first-order valence-electron chi connectivity index (χ1n) is 11.2. The molecule has 1 aromatic heterocycles. The number of aromatic nitrogens is 1. The molecule has 0 saturated heterocycles. The van der Waals surface area contributed by atoms with Gasteiger partial charge in [-0.3, -0.25) is 0 Å². The number of nitrogens with one attached hydrogen (secondary N) is 1. The van der Waals surface area contributed by atoms with Crippen molar-refractivity contribution in [1.29, 1.82) is 5.26 Å². The molecule has 6 nitrogen and oxygen atoms in total. The van der Waals surface area contributed by atoms with Gasteiger partial charge in [-0.1, -0.05) is 33.6 Å². The molecule has 174 valence electrons. The molecule has 0 amide bonds. The molecule has 3 aromatic carbocycles. The fourth-order valence-electron chi connectivity index (χ4n) is 5.00. The van der Waals surface area contributed by atoms with Crippen molar-refractivity contribution in [2.45, 2.75) is 49.3 Å². The number of aliphatic hydroxyl groups is 1. The normalized spacial score (nSPS) is 21.1. The fourth-order valence-corrected chi connectivity index (χ4v) is 6.65. The van der Waals surface area contributed by atoms with E-state index in [1.807, 2.05) is 37.3 Å². The van der Waals surface area contributed by atoms with Gasteiger partial charge in [-0.2, -0.15) is 5.26 Å². The summed E-state index contributed by atoms with van der Waals surface area (Å²) in [5.74, 6) is 0. The van der Waals surface area contributed by atoms with Gasteiger partial charge in [-0.05, 0) is 74.7 Å². The van der Waals surface area contributed by atoms with Gasteiger partial charge in [-0.25, -0.2) is 13.1 Å². The van der Waals surface area contributed by atoms with Crippen LogP contribution in [-0.4, -0.2) is 30.2 Å². The van der Waals surface area contributed by atoms with Gasteiger partial charge in [-0.15, -0.1) is 0 Å². The zero-order chi connectivity index (χ0) is 24.0. The number of fused-ring (bicyclic) bond motifs is 3. The fraction of sp³-hybridized carbons (Fsp3) is 0.269. The number of aryl methyl sites for hydroxylation is 1. The van der Waals surface area contributed by atoms with Crippen LogP contribution in [0.3, 0.4) is 0 Å². The van der Waals surface area contributed by atoms with Crippen molar-refractivity contribution in [3.05, 3.63) is 76.3 Å². The van der Waals surface area contributed by atoms with Gasteiger partial charge in [0, 0.05) is 26.3 Å². The van der Waals surface area contributed by atoms with E-state index in [0.29, 0.717) is 12.0 Å². The van der Waals surface area contributed by atoms with Crippen LogP contribution >= 0.6 is 15.9 Å². The number of aliphatic hydroxyl groups excluding tert-OH is 1. The van der Waals surface area contributed by atoms with E-state index in [4.69, 9.17) is 0 Å². The summed E-state index contributed by atoms with van der Waals surface area (Å²) in [6, 6.07) is 19.5. The third kappa shape index (κ3) is 4.03.